The third-order valence-electron chi connectivity index (χ3n) is 7.38. The summed E-state index contributed by atoms with van der Waals surface area (Å²) in [4.78, 5) is 12.0. The molecule has 2 atom stereocenters. The van der Waals surface area contributed by atoms with Gasteiger partial charge in [-0.05, 0) is 66.5 Å². The highest BCUT2D eigenvalue weighted by Crippen LogP contribution is 2.55. The number of ether oxygens (including phenoxy) is 1. The Morgan fingerprint density at radius 2 is 1.97 bits per heavy atom. The number of carboxylic acids is 1. The molecule has 2 aromatic carbocycles. The minimum absolute atomic E-state index is 0.0825. The number of sulfonamides is 1. The molecule has 186 valence electrons. The summed E-state index contributed by atoms with van der Waals surface area (Å²) in [6.07, 6.45) is 7.88. The Labute approximate surface area is 204 Å². The molecule has 7 nitrogen and oxygen atoms in total. The molecule has 0 spiro atoms. The van der Waals surface area contributed by atoms with Crippen LogP contribution in [0.4, 0.5) is 10.1 Å². The Bertz CT molecular complexity index is 1300. The molecule has 1 heterocycles. The van der Waals surface area contributed by atoms with Crippen LogP contribution in [0.1, 0.15) is 65.9 Å². The fourth-order valence-corrected chi connectivity index (χ4v) is 6.68. The van der Waals surface area contributed by atoms with Crippen molar-refractivity contribution in [2.75, 3.05) is 17.9 Å². The second-order valence-corrected chi connectivity index (χ2v) is 11.3. The minimum Gasteiger partial charge on any atom is -0.492 e. The lowest BCUT2D eigenvalue weighted by Crippen LogP contribution is -2.20. The summed E-state index contributed by atoms with van der Waals surface area (Å²) in [5.74, 6) is -0.739. The van der Waals surface area contributed by atoms with Crippen LogP contribution in [0.5, 0.6) is 5.75 Å². The molecule has 2 aromatic rings. The monoisotopic (exact) mass is 500 g/mol. The van der Waals surface area contributed by atoms with Crippen LogP contribution in [0.25, 0.3) is 6.08 Å². The van der Waals surface area contributed by atoms with Gasteiger partial charge in [-0.15, -0.1) is 0 Å². The Morgan fingerprint density at radius 1 is 1.20 bits per heavy atom. The first-order chi connectivity index (χ1) is 16.8. The van der Waals surface area contributed by atoms with Crippen LogP contribution in [0.15, 0.2) is 40.8 Å². The number of benzene rings is 2. The van der Waals surface area contributed by atoms with Gasteiger partial charge in [0.15, 0.2) is 0 Å². The number of hydrogen-bond donors (Lipinski definition) is 3. The molecule has 4 N–H and O–H groups in total. The van der Waals surface area contributed by atoms with E-state index >= 15 is 0 Å². The van der Waals surface area contributed by atoms with Gasteiger partial charge in [-0.2, -0.15) is 0 Å². The van der Waals surface area contributed by atoms with Crippen LogP contribution in [-0.2, 0) is 10.0 Å². The SMILES string of the molecule is NC/C(=C\c1cc(F)ccc1S(=O)(=O)Nc1ccc2c(c1C(=O)O)OC[C@@H]1C[C@H]21)C1CCCCC1. The van der Waals surface area contributed by atoms with E-state index in [4.69, 9.17) is 10.5 Å². The van der Waals surface area contributed by atoms with Crippen LogP contribution in [0, 0.1) is 17.7 Å². The maximum absolute atomic E-state index is 14.2. The lowest BCUT2D eigenvalue weighted by atomic mass is 9.83. The molecule has 0 aromatic heterocycles. The smallest absolute Gasteiger partial charge is 0.341 e. The highest BCUT2D eigenvalue weighted by molar-refractivity contribution is 7.92. The summed E-state index contributed by atoms with van der Waals surface area (Å²) in [5, 5.41) is 9.89. The number of anilines is 1. The van der Waals surface area contributed by atoms with Gasteiger partial charge in [0.1, 0.15) is 17.1 Å². The molecule has 3 aliphatic rings. The Morgan fingerprint density at radius 3 is 2.69 bits per heavy atom. The van der Waals surface area contributed by atoms with Gasteiger partial charge in [-0.1, -0.05) is 37.0 Å². The van der Waals surface area contributed by atoms with Crippen LogP contribution in [0.3, 0.4) is 0 Å². The van der Waals surface area contributed by atoms with Crippen LogP contribution < -0.4 is 15.2 Å². The number of nitrogens with one attached hydrogen (secondary N) is 1. The van der Waals surface area contributed by atoms with Crippen molar-refractivity contribution in [2.24, 2.45) is 17.6 Å². The first kappa shape index (κ1) is 23.8. The summed E-state index contributed by atoms with van der Waals surface area (Å²) < 4.78 is 49.3. The molecule has 9 heteroatoms. The molecule has 2 saturated carbocycles. The molecular formula is C26H29FN2O5S. The molecular weight excluding hydrogens is 471 g/mol. The van der Waals surface area contributed by atoms with E-state index in [-0.39, 0.29) is 45.8 Å². The number of hydrogen-bond acceptors (Lipinski definition) is 5. The normalized spacial score (nSPS) is 22.1. The van der Waals surface area contributed by atoms with Gasteiger partial charge >= 0.3 is 5.97 Å². The van der Waals surface area contributed by atoms with Gasteiger partial charge < -0.3 is 15.6 Å². The van der Waals surface area contributed by atoms with Crippen molar-refractivity contribution >= 4 is 27.8 Å². The van der Waals surface area contributed by atoms with Crippen molar-refractivity contribution in [1.29, 1.82) is 0 Å². The third kappa shape index (κ3) is 4.67. The molecule has 5 rings (SSSR count). The van der Waals surface area contributed by atoms with E-state index in [2.05, 4.69) is 4.72 Å². The number of carbonyl (C=O) groups is 1. The Hall–Kier alpha value is -2.91. The lowest BCUT2D eigenvalue weighted by Gasteiger charge is -2.24. The average molecular weight is 501 g/mol. The Kier molecular flexibility index (Phi) is 6.31. The molecule has 0 radical (unpaired) electrons. The number of fused-ring (bicyclic) bond motifs is 3. The van der Waals surface area contributed by atoms with Crippen molar-refractivity contribution in [3.8, 4) is 5.75 Å². The van der Waals surface area contributed by atoms with Crippen molar-refractivity contribution in [1.82, 2.24) is 0 Å². The second-order valence-electron chi connectivity index (χ2n) is 9.67. The van der Waals surface area contributed by atoms with Gasteiger partial charge in [0.25, 0.3) is 10.0 Å². The molecule has 35 heavy (non-hydrogen) atoms. The second kappa shape index (κ2) is 9.28. The first-order valence-electron chi connectivity index (χ1n) is 12.0. The number of carboxylic acid groups (broad SMARTS) is 1. The zero-order valence-electron chi connectivity index (χ0n) is 19.3. The van der Waals surface area contributed by atoms with Crippen molar-refractivity contribution in [3.63, 3.8) is 0 Å². The molecule has 2 aliphatic carbocycles. The summed E-state index contributed by atoms with van der Waals surface area (Å²) >= 11 is 0. The van der Waals surface area contributed by atoms with Crippen molar-refractivity contribution in [2.45, 2.75) is 49.3 Å². The number of aromatic carboxylic acids is 1. The summed E-state index contributed by atoms with van der Waals surface area (Å²) in [6.45, 7) is 0.672. The third-order valence-corrected chi connectivity index (χ3v) is 8.82. The standard InChI is InChI=1S/C26H29FN2O5S/c27-19-6-9-23(16(11-19)10-17(13-28)15-4-2-1-3-5-15)35(32,33)29-22-8-7-20-21-12-18(21)14-34-25(20)24(22)26(30)31/h6-11,15,18,21,29H,1-5,12-14,28H2,(H,30,31)/b17-10+/t18-,21-/m0/s1. The van der Waals surface area contributed by atoms with Crippen LogP contribution >= 0.6 is 0 Å². The van der Waals surface area contributed by atoms with Gasteiger partial charge in [-0.3, -0.25) is 4.72 Å². The van der Waals surface area contributed by atoms with E-state index < -0.39 is 21.8 Å². The van der Waals surface area contributed by atoms with Crippen molar-refractivity contribution < 1.29 is 27.4 Å². The van der Waals surface area contributed by atoms with Gasteiger partial charge in [0, 0.05) is 12.5 Å². The predicted octanol–water partition coefficient (Wildman–Crippen LogP) is 4.74. The maximum Gasteiger partial charge on any atom is 0.341 e. The van der Waals surface area contributed by atoms with E-state index in [1.807, 2.05) is 0 Å². The molecule has 0 amide bonds. The minimum atomic E-state index is -4.25. The molecule has 0 bridgehead atoms. The van der Waals surface area contributed by atoms with E-state index in [9.17, 15) is 22.7 Å². The van der Waals surface area contributed by atoms with Crippen molar-refractivity contribution in [3.05, 3.63) is 58.4 Å². The quantitative estimate of drug-likeness (QED) is 0.505. The fourth-order valence-electron chi connectivity index (χ4n) is 5.44. The number of nitrogens with two attached hydrogens (primary N) is 1. The number of rotatable bonds is 7. The molecule has 0 unspecified atom stereocenters. The highest BCUT2D eigenvalue weighted by Gasteiger charge is 2.45. The van der Waals surface area contributed by atoms with Crippen LogP contribution in [-0.4, -0.2) is 32.6 Å². The average Bonchev–Trinajstić information content (AvgIpc) is 3.62. The maximum atomic E-state index is 14.2. The zero-order chi connectivity index (χ0) is 24.7. The summed E-state index contributed by atoms with van der Waals surface area (Å²) in [6, 6.07) is 6.65. The molecule has 1 aliphatic heterocycles. The van der Waals surface area contributed by atoms with Crippen LogP contribution in [0.2, 0.25) is 0 Å². The summed E-state index contributed by atoms with van der Waals surface area (Å²) in [7, 11) is -4.25. The largest absolute Gasteiger partial charge is 0.492 e. The Balaban J connectivity index is 1.53. The summed E-state index contributed by atoms with van der Waals surface area (Å²) in [5.41, 5.74) is 7.58. The lowest BCUT2D eigenvalue weighted by molar-refractivity contribution is 0.0692. The van der Waals surface area contributed by atoms with E-state index in [0.29, 0.717) is 12.5 Å². The van der Waals surface area contributed by atoms with Gasteiger partial charge in [-0.25, -0.2) is 17.6 Å². The molecule has 2 fully saturated rings. The fraction of sp³-hybridized carbons (Fsp3) is 0.423. The van der Waals surface area contributed by atoms with E-state index in [0.717, 1.165) is 55.7 Å². The predicted molar refractivity (Wildman–Crippen MR) is 131 cm³/mol. The number of halogens is 1. The zero-order valence-corrected chi connectivity index (χ0v) is 20.1. The topological polar surface area (TPSA) is 119 Å². The van der Waals surface area contributed by atoms with E-state index in [1.54, 1.807) is 12.1 Å². The highest BCUT2D eigenvalue weighted by atomic mass is 32.2. The van der Waals surface area contributed by atoms with Gasteiger partial charge in [0.05, 0.1) is 17.2 Å². The van der Waals surface area contributed by atoms with Gasteiger partial charge in [0.2, 0.25) is 0 Å². The molecule has 0 saturated heterocycles. The first-order valence-corrected chi connectivity index (χ1v) is 13.5. The van der Waals surface area contributed by atoms with E-state index in [1.165, 1.54) is 18.2 Å².